The number of unbranched alkanes of at least 4 members (excludes halogenated alkanes) is 8. The van der Waals surface area contributed by atoms with Crippen LogP contribution in [0, 0.1) is 0 Å². The number of rotatable bonds is 19. The second kappa shape index (κ2) is 18.5. The van der Waals surface area contributed by atoms with E-state index < -0.39 is 0 Å². The third-order valence-corrected chi connectivity index (χ3v) is 6.10. The molecule has 2 rings (SSSR count). The highest BCUT2D eigenvalue weighted by molar-refractivity contribution is 5.91. The minimum absolute atomic E-state index is 0.164. The van der Waals surface area contributed by atoms with Crippen molar-refractivity contribution >= 4 is 5.97 Å². The molecule has 0 saturated carbocycles. The summed E-state index contributed by atoms with van der Waals surface area (Å²) in [6.45, 7) is 7.23. The van der Waals surface area contributed by atoms with Crippen LogP contribution in [0.15, 0.2) is 60.7 Å². The molecule has 4 nitrogen and oxygen atoms in total. The molecule has 0 spiro atoms. The van der Waals surface area contributed by atoms with Crippen LogP contribution < -0.4 is 14.2 Å². The van der Waals surface area contributed by atoms with Gasteiger partial charge in [0.1, 0.15) is 17.2 Å². The van der Waals surface area contributed by atoms with Crippen molar-refractivity contribution in [1.82, 2.24) is 0 Å². The van der Waals surface area contributed by atoms with E-state index in [2.05, 4.69) is 32.9 Å². The molecule has 36 heavy (non-hydrogen) atoms. The van der Waals surface area contributed by atoms with Gasteiger partial charge < -0.3 is 14.2 Å². The molecule has 0 radical (unpaired) electrons. The number of carbonyl (C=O) groups excluding carboxylic acids is 1. The van der Waals surface area contributed by atoms with Gasteiger partial charge in [-0.05, 0) is 100 Å². The van der Waals surface area contributed by atoms with E-state index in [9.17, 15) is 4.79 Å². The Morgan fingerprint density at radius 2 is 1.31 bits per heavy atom. The molecule has 0 amide bonds. The molecule has 0 fully saturated rings. The first-order valence-electron chi connectivity index (χ1n) is 14.0. The Morgan fingerprint density at radius 1 is 0.722 bits per heavy atom. The van der Waals surface area contributed by atoms with Crippen molar-refractivity contribution in [3.63, 3.8) is 0 Å². The average molecular weight is 495 g/mol. The Morgan fingerprint density at radius 3 is 1.97 bits per heavy atom. The van der Waals surface area contributed by atoms with Gasteiger partial charge in [-0.25, -0.2) is 4.79 Å². The summed E-state index contributed by atoms with van der Waals surface area (Å²) in [6.07, 6.45) is 19.1. The molecule has 0 heterocycles. The van der Waals surface area contributed by atoms with Crippen molar-refractivity contribution in [2.24, 2.45) is 0 Å². The minimum atomic E-state index is -0.384. The molecule has 0 N–H and O–H groups in total. The summed E-state index contributed by atoms with van der Waals surface area (Å²) in [5.41, 5.74) is 0.498. The average Bonchev–Trinajstić information content (AvgIpc) is 2.89. The van der Waals surface area contributed by atoms with E-state index in [0.717, 1.165) is 37.2 Å². The predicted octanol–water partition coefficient (Wildman–Crippen LogP) is 9.33. The summed E-state index contributed by atoms with van der Waals surface area (Å²) in [5, 5.41) is 0. The van der Waals surface area contributed by atoms with Crippen LogP contribution in [0.5, 0.6) is 17.2 Å². The van der Waals surface area contributed by atoms with Gasteiger partial charge in [0.25, 0.3) is 0 Å². The Balaban J connectivity index is 1.66. The Labute approximate surface area is 219 Å². The number of ether oxygens (including phenoxy) is 3. The van der Waals surface area contributed by atoms with Crippen molar-refractivity contribution in [3.05, 3.63) is 66.2 Å². The van der Waals surface area contributed by atoms with Crippen molar-refractivity contribution in [3.8, 4) is 17.2 Å². The molecule has 198 valence electrons. The van der Waals surface area contributed by atoms with Gasteiger partial charge in [0.2, 0.25) is 0 Å². The van der Waals surface area contributed by atoms with Gasteiger partial charge in [-0.1, -0.05) is 58.1 Å². The monoisotopic (exact) mass is 494 g/mol. The highest BCUT2D eigenvalue weighted by atomic mass is 16.5. The number of esters is 1. The molecule has 1 atom stereocenters. The quantitative estimate of drug-likeness (QED) is 0.0844. The van der Waals surface area contributed by atoms with Gasteiger partial charge in [0.15, 0.2) is 0 Å². The first-order valence-corrected chi connectivity index (χ1v) is 14.0. The van der Waals surface area contributed by atoms with Crippen molar-refractivity contribution in [2.75, 3.05) is 6.61 Å². The summed E-state index contributed by atoms with van der Waals surface area (Å²) in [4.78, 5) is 12.5. The van der Waals surface area contributed by atoms with Crippen LogP contribution in [0.4, 0.5) is 0 Å². The van der Waals surface area contributed by atoms with Crippen LogP contribution >= 0.6 is 0 Å². The summed E-state index contributed by atoms with van der Waals surface area (Å²) < 4.78 is 17.3. The molecule has 4 heteroatoms. The summed E-state index contributed by atoms with van der Waals surface area (Å²) in [7, 11) is 0. The molecular weight excluding hydrogens is 448 g/mol. The summed E-state index contributed by atoms with van der Waals surface area (Å²) >= 11 is 0. The van der Waals surface area contributed by atoms with Crippen molar-refractivity contribution < 1.29 is 19.0 Å². The van der Waals surface area contributed by atoms with Gasteiger partial charge in [-0.3, -0.25) is 0 Å². The summed E-state index contributed by atoms with van der Waals surface area (Å²) in [6, 6.07) is 14.4. The lowest BCUT2D eigenvalue weighted by molar-refractivity contribution is 0.0734. The number of hydrogen-bond acceptors (Lipinski definition) is 4. The van der Waals surface area contributed by atoms with Gasteiger partial charge in [0, 0.05) is 0 Å². The zero-order chi connectivity index (χ0) is 25.8. The molecule has 0 saturated heterocycles. The van der Waals surface area contributed by atoms with Crippen LogP contribution in [-0.2, 0) is 0 Å². The molecule has 0 aliphatic heterocycles. The lowest BCUT2D eigenvalue weighted by atomic mass is 10.1. The van der Waals surface area contributed by atoms with Crippen LogP contribution in [-0.4, -0.2) is 18.7 Å². The fraction of sp³-hybridized carbons (Fsp3) is 0.531. The molecule has 0 aliphatic carbocycles. The Kier molecular flexibility index (Phi) is 15.2. The van der Waals surface area contributed by atoms with Crippen LogP contribution in [0.25, 0.3) is 0 Å². The number of allylic oxidation sites excluding steroid dienone is 2. The fourth-order valence-electron chi connectivity index (χ4n) is 3.89. The highest BCUT2D eigenvalue weighted by Gasteiger charge is 2.10. The topological polar surface area (TPSA) is 44.8 Å². The smallest absolute Gasteiger partial charge is 0.343 e. The molecule has 0 bridgehead atoms. The first kappa shape index (κ1) is 29.5. The third-order valence-electron chi connectivity index (χ3n) is 6.10. The highest BCUT2D eigenvalue weighted by Crippen LogP contribution is 2.21. The number of carbonyl (C=O) groups is 1. The summed E-state index contributed by atoms with van der Waals surface area (Å²) in [5.74, 6) is 1.68. The standard InChI is InChI=1S/C32H46O4/c1-4-6-8-10-11-12-13-14-16-26-34-29-22-24-31(25-23-29)36-32(33)28-18-20-30(21-19-28)35-27(3)17-15-9-7-5-2/h11-12,18-25,27H,4-10,13-17,26H2,1-3H3/b12-11-/t27-/m0/s1. The molecule has 0 unspecified atom stereocenters. The lowest BCUT2D eigenvalue weighted by Gasteiger charge is -2.14. The van der Waals surface area contributed by atoms with E-state index in [4.69, 9.17) is 14.2 Å². The maximum absolute atomic E-state index is 12.5. The van der Waals surface area contributed by atoms with Gasteiger partial charge >= 0.3 is 5.97 Å². The molecule has 0 aliphatic rings. The van der Waals surface area contributed by atoms with E-state index in [0.29, 0.717) is 17.9 Å². The van der Waals surface area contributed by atoms with Crippen LogP contribution in [0.2, 0.25) is 0 Å². The van der Waals surface area contributed by atoms with Crippen LogP contribution in [0.1, 0.15) is 108 Å². The van der Waals surface area contributed by atoms with Gasteiger partial charge in [0.05, 0.1) is 18.3 Å². The largest absolute Gasteiger partial charge is 0.494 e. The molecular formula is C32H46O4. The second-order valence-electron chi connectivity index (χ2n) is 9.47. The Hall–Kier alpha value is -2.75. The number of hydrogen-bond donors (Lipinski definition) is 0. The fourth-order valence-corrected chi connectivity index (χ4v) is 3.89. The minimum Gasteiger partial charge on any atom is -0.494 e. The van der Waals surface area contributed by atoms with E-state index in [1.54, 1.807) is 24.3 Å². The van der Waals surface area contributed by atoms with Crippen molar-refractivity contribution in [1.29, 1.82) is 0 Å². The predicted molar refractivity (Wildman–Crippen MR) is 149 cm³/mol. The van der Waals surface area contributed by atoms with Gasteiger partial charge in [-0.15, -0.1) is 0 Å². The van der Waals surface area contributed by atoms with E-state index in [1.165, 1.54) is 51.4 Å². The zero-order valence-electron chi connectivity index (χ0n) is 22.7. The zero-order valence-corrected chi connectivity index (χ0v) is 22.7. The normalized spacial score (nSPS) is 12.0. The maximum Gasteiger partial charge on any atom is 0.343 e. The number of benzene rings is 2. The van der Waals surface area contributed by atoms with E-state index in [-0.39, 0.29) is 12.1 Å². The molecule has 2 aromatic carbocycles. The van der Waals surface area contributed by atoms with Crippen molar-refractivity contribution in [2.45, 2.75) is 104 Å². The van der Waals surface area contributed by atoms with Crippen LogP contribution in [0.3, 0.4) is 0 Å². The third kappa shape index (κ3) is 12.8. The first-order chi connectivity index (χ1) is 17.6. The van der Waals surface area contributed by atoms with Gasteiger partial charge in [-0.2, -0.15) is 0 Å². The second-order valence-corrected chi connectivity index (χ2v) is 9.47. The van der Waals surface area contributed by atoms with E-state index >= 15 is 0 Å². The lowest BCUT2D eigenvalue weighted by Crippen LogP contribution is -2.12. The van der Waals surface area contributed by atoms with E-state index in [1.807, 2.05) is 24.3 Å². The SMILES string of the molecule is CCCCC/C=C\CCCCOc1ccc(OC(=O)c2ccc(O[C@@H](C)CCCCCC)cc2)cc1. The Bertz CT molecular complexity index is 855. The molecule has 0 aromatic heterocycles. The molecule has 2 aromatic rings. The maximum atomic E-state index is 12.5.